The number of amides is 1. The lowest BCUT2D eigenvalue weighted by atomic mass is 9.98. The van der Waals surface area contributed by atoms with E-state index < -0.39 is 0 Å². The van der Waals surface area contributed by atoms with Gasteiger partial charge in [0, 0.05) is 76.2 Å². The molecule has 0 saturated carbocycles. The van der Waals surface area contributed by atoms with Gasteiger partial charge in [0.25, 0.3) is 11.6 Å². The first-order chi connectivity index (χ1) is 20.2. The largest absolute Gasteiger partial charge is 0.353 e. The summed E-state index contributed by atoms with van der Waals surface area (Å²) in [5.41, 5.74) is 2.47. The first-order valence-electron chi connectivity index (χ1n) is 14.0. The predicted molar refractivity (Wildman–Crippen MR) is 167 cm³/mol. The molecule has 0 spiro atoms. The zero-order valence-corrected chi connectivity index (χ0v) is 25.6. The maximum Gasteiger partial charge on any atom is 0.269 e. The SMILES string of the molecule is CC(c1ccc([N+](=O)[O-])cc1)N1CCC(N2CCN(c3ncc(C(=O)NCc4ccc(Cl)c(Cl)c4)cc3Cl)CC2)CC1. The van der Waals surface area contributed by atoms with Crippen molar-refractivity contribution in [3.63, 3.8) is 0 Å². The second-order valence-electron chi connectivity index (χ2n) is 10.8. The molecule has 2 fully saturated rings. The molecular formula is C30H33Cl3N6O3. The number of non-ortho nitro benzene ring substituents is 1. The average molecular weight is 632 g/mol. The highest BCUT2D eigenvalue weighted by Gasteiger charge is 2.30. The summed E-state index contributed by atoms with van der Waals surface area (Å²) in [5, 5.41) is 15.2. The number of hydrogen-bond donors (Lipinski definition) is 1. The van der Waals surface area contributed by atoms with E-state index in [1.165, 1.54) is 0 Å². The number of benzene rings is 2. The van der Waals surface area contributed by atoms with E-state index in [2.05, 4.69) is 31.9 Å². The topological polar surface area (TPSA) is 94.8 Å². The Balaban J connectivity index is 1.09. The monoisotopic (exact) mass is 630 g/mol. The van der Waals surface area contributed by atoms with Crippen molar-refractivity contribution < 1.29 is 9.72 Å². The minimum atomic E-state index is -0.361. The number of nitro benzene ring substituents is 1. The molecule has 1 N–H and O–H groups in total. The molecule has 12 heteroatoms. The number of pyridine rings is 1. The Labute approximate surface area is 260 Å². The van der Waals surface area contributed by atoms with Crippen LogP contribution in [-0.4, -0.2) is 70.9 Å². The number of hydrogen-bond acceptors (Lipinski definition) is 7. The van der Waals surface area contributed by atoms with E-state index in [1.807, 2.05) is 18.2 Å². The number of halogens is 3. The zero-order chi connectivity index (χ0) is 29.8. The van der Waals surface area contributed by atoms with Crippen LogP contribution >= 0.6 is 34.8 Å². The van der Waals surface area contributed by atoms with E-state index in [1.54, 1.807) is 36.5 Å². The normalized spacial score (nSPS) is 17.7. The van der Waals surface area contributed by atoms with Crippen LogP contribution in [0.2, 0.25) is 15.1 Å². The fourth-order valence-corrected chi connectivity index (χ4v) is 6.35. The number of carbonyl (C=O) groups excluding carboxylic acids is 1. The van der Waals surface area contributed by atoms with Crippen LogP contribution < -0.4 is 10.2 Å². The zero-order valence-electron chi connectivity index (χ0n) is 23.3. The number of nitrogens with one attached hydrogen (secondary N) is 1. The van der Waals surface area contributed by atoms with Gasteiger partial charge in [-0.25, -0.2) is 4.98 Å². The van der Waals surface area contributed by atoms with Crippen LogP contribution in [0.1, 0.15) is 47.3 Å². The van der Waals surface area contributed by atoms with Gasteiger partial charge in [0.15, 0.2) is 0 Å². The van der Waals surface area contributed by atoms with Gasteiger partial charge in [-0.3, -0.25) is 24.7 Å². The molecule has 1 unspecified atom stereocenters. The molecule has 5 rings (SSSR count). The van der Waals surface area contributed by atoms with Crippen molar-refractivity contribution in [3.8, 4) is 0 Å². The van der Waals surface area contributed by atoms with Gasteiger partial charge < -0.3 is 10.2 Å². The van der Waals surface area contributed by atoms with Gasteiger partial charge in [-0.1, -0.05) is 53.0 Å². The first-order valence-corrected chi connectivity index (χ1v) is 15.2. The van der Waals surface area contributed by atoms with Crippen molar-refractivity contribution >= 4 is 52.2 Å². The third kappa shape index (κ3) is 7.15. The second kappa shape index (κ2) is 13.6. The average Bonchev–Trinajstić information content (AvgIpc) is 3.01. The minimum absolute atomic E-state index is 0.123. The summed E-state index contributed by atoms with van der Waals surface area (Å²) in [7, 11) is 0. The van der Waals surface area contributed by atoms with Crippen LogP contribution in [0.4, 0.5) is 11.5 Å². The second-order valence-corrected chi connectivity index (χ2v) is 12.0. The summed E-state index contributed by atoms with van der Waals surface area (Å²) in [6.07, 6.45) is 3.74. The van der Waals surface area contributed by atoms with Gasteiger partial charge in [0.05, 0.1) is 25.6 Å². The Bertz CT molecular complexity index is 1420. The molecule has 1 atom stereocenters. The Morgan fingerprint density at radius 2 is 1.67 bits per heavy atom. The van der Waals surface area contributed by atoms with Crippen LogP contribution in [0, 0.1) is 10.1 Å². The van der Waals surface area contributed by atoms with Crippen LogP contribution in [0.5, 0.6) is 0 Å². The number of anilines is 1. The highest BCUT2D eigenvalue weighted by atomic mass is 35.5. The van der Waals surface area contributed by atoms with Gasteiger partial charge in [-0.15, -0.1) is 0 Å². The summed E-state index contributed by atoms with van der Waals surface area (Å²) < 4.78 is 0. The first kappa shape index (κ1) is 30.5. The number of likely N-dealkylation sites (tertiary alicyclic amines) is 1. The van der Waals surface area contributed by atoms with Gasteiger partial charge >= 0.3 is 0 Å². The highest BCUT2D eigenvalue weighted by Crippen LogP contribution is 2.30. The van der Waals surface area contributed by atoms with E-state index in [0.29, 0.717) is 39.0 Å². The van der Waals surface area contributed by atoms with Crippen molar-refractivity contribution in [2.24, 2.45) is 0 Å². The number of carbonyl (C=O) groups is 1. The Hall–Kier alpha value is -2.95. The quantitative estimate of drug-likeness (QED) is 0.233. The molecule has 1 amide bonds. The van der Waals surface area contributed by atoms with E-state index in [4.69, 9.17) is 34.8 Å². The van der Waals surface area contributed by atoms with E-state index >= 15 is 0 Å². The third-order valence-corrected chi connectivity index (χ3v) is 9.30. The molecular weight excluding hydrogens is 599 g/mol. The number of piperazine rings is 1. The predicted octanol–water partition coefficient (Wildman–Crippen LogP) is 6.23. The lowest BCUT2D eigenvalue weighted by Gasteiger charge is -2.44. The van der Waals surface area contributed by atoms with Crippen LogP contribution in [0.25, 0.3) is 0 Å². The van der Waals surface area contributed by atoms with Crippen LogP contribution in [0.3, 0.4) is 0 Å². The van der Waals surface area contributed by atoms with Gasteiger partial charge in [-0.05, 0) is 49.1 Å². The molecule has 2 aliphatic rings. The number of piperidine rings is 1. The molecule has 222 valence electrons. The van der Waals surface area contributed by atoms with Gasteiger partial charge in [0.1, 0.15) is 5.82 Å². The summed E-state index contributed by atoms with van der Waals surface area (Å²) in [6, 6.07) is 14.6. The van der Waals surface area contributed by atoms with Crippen molar-refractivity contribution in [3.05, 3.63) is 96.6 Å². The number of aromatic nitrogens is 1. The molecule has 2 aromatic carbocycles. The summed E-state index contributed by atoms with van der Waals surface area (Å²) in [5.74, 6) is 0.435. The van der Waals surface area contributed by atoms with E-state index in [9.17, 15) is 14.9 Å². The molecule has 0 aliphatic carbocycles. The Morgan fingerprint density at radius 1 is 0.976 bits per heavy atom. The lowest BCUT2D eigenvalue weighted by molar-refractivity contribution is -0.384. The Morgan fingerprint density at radius 3 is 2.29 bits per heavy atom. The number of nitro groups is 1. The molecule has 3 heterocycles. The fourth-order valence-electron chi connectivity index (χ4n) is 5.74. The molecule has 2 aliphatic heterocycles. The van der Waals surface area contributed by atoms with Gasteiger partial charge in [-0.2, -0.15) is 0 Å². The van der Waals surface area contributed by atoms with Crippen molar-refractivity contribution in [1.29, 1.82) is 0 Å². The molecule has 0 bridgehead atoms. The maximum atomic E-state index is 12.7. The molecule has 0 radical (unpaired) electrons. The highest BCUT2D eigenvalue weighted by molar-refractivity contribution is 6.42. The smallest absolute Gasteiger partial charge is 0.269 e. The number of nitrogens with zero attached hydrogens (tertiary/aromatic N) is 5. The molecule has 1 aromatic heterocycles. The standard InChI is InChI=1S/C30H33Cl3N6O3/c1-20(22-3-5-25(6-4-22)39(41)42)36-10-8-24(9-11-36)37-12-14-38(15-13-37)29-28(33)17-23(19-34-29)30(40)35-18-21-2-7-26(31)27(32)16-21/h2-7,16-17,19-20,24H,8-15,18H2,1H3,(H,35,40). The molecule has 2 saturated heterocycles. The molecule has 3 aromatic rings. The maximum absolute atomic E-state index is 12.7. The molecule has 9 nitrogen and oxygen atoms in total. The van der Waals surface area contributed by atoms with Gasteiger partial charge in [0.2, 0.25) is 0 Å². The van der Waals surface area contributed by atoms with Crippen LogP contribution in [0.15, 0.2) is 54.7 Å². The third-order valence-electron chi connectivity index (χ3n) is 8.28. The Kier molecular flexibility index (Phi) is 9.85. The minimum Gasteiger partial charge on any atom is -0.353 e. The van der Waals surface area contributed by atoms with Crippen molar-refractivity contribution in [2.75, 3.05) is 44.2 Å². The summed E-state index contributed by atoms with van der Waals surface area (Å²) in [6.45, 7) is 7.94. The number of rotatable bonds is 8. The summed E-state index contributed by atoms with van der Waals surface area (Å²) in [4.78, 5) is 35.0. The lowest BCUT2D eigenvalue weighted by Crippen LogP contribution is -2.53. The van der Waals surface area contributed by atoms with Crippen LogP contribution in [-0.2, 0) is 6.54 Å². The summed E-state index contributed by atoms with van der Waals surface area (Å²) >= 11 is 18.6. The van der Waals surface area contributed by atoms with Crippen molar-refractivity contribution in [2.45, 2.75) is 38.4 Å². The van der Waals surface area contributed by atoms with E-state index in [-0.39, 0.29) is 22.6 Å². The van der Waals surface area contributed by atoms with Crippen molar-refractivity contribution in [1.82, 2.24) is 20.1 Å². The molecule has 42 heavy (non-hydrogen) atoms. The van der Waals surface area contributed by atoms with E-state index in [0.717, 1.165) is 63.2 Å². The fraction of sp³-hybridized carbons (Fsp3) is 0.400.